The van der Waals surface area contributed by atoms with Gasteiger partial charge in [-0.05, 0) is 12.1 Å². The quantitative estimate of drug-likeness (QED) is 0.809. The Morgan fingerprint density at radius 3 is 2.73 bits per heavy atom. The summed E-state index contributed by atoms with van der Waals surface area (Å²) in [6.07, 6.45) is 2.76. The second-order valence-electron chi connectivity index (χ2n) is 3.22. The van der Waals surface area contributed by atoms with E-state index < -0.39 is 6.10 Å². The third-order valence-corrected chi connectivity index (χ3v) is 2.45. The summed E-state index contributed by atoms with van der Waals surface area (Å²) in [6, 6.07) is 9.72. The van der Waals surface area contributed by atoms with Crippen LogP contribution in [-0.2, 0) is 0 Å². The first-order chi connectivity index (χ1) is 7.31. The maximum atomic E-state index is 9.50. The van der Waals surface area contributed by atoms with Crippen molar-refractivity contribution in [1.29, 1.82) is 0 Å². The minimum atomic E-state index is -0.649. The van der Waals surface area contributed by atoms with Crippen molar-refractivity contribution in [1.82, 2.24) is 9.78 Å². The summed E-state index contributed by atoms with van der Waals surface area (Å²) in [5, 5.41) is 13.7. The Balaban J connectivity index is 2.28. The molecule has 0 radical (unpaired) electrons. The van der Waals surface area contributed by atoms with Crippen LogP contribution in [0.5, 0.6) is 0 Å². The number of nitrogens with zero attached hydrogens (tertiary/aromatic N) is 2. The normalized spacial score (nSPS) is 12.7. The van der Waals surface area contributed by atoms with Crippen LogP contribution in [0, 0.1) is 0 Å². The van der Waals surface area contributed by atoms with Gasteiger partial charge in [0.05, 0.1) is 23.9 Å². The van der Waals surface area contributed by atoms with Crippen LogP contribution in [-0.4, -0.2) is 20.8 Å². The van der Waals surface area contributed by atoms with Crippen molar-refractivity contribution in [2.75, 3.05) is 5.88 Å². The van der Waals surface area contributed by atoms with E-state index in [-0.39, 0.29) is 5.88 Å². The lowest BCUT2D eigenvalue weighted by Gasteiger charge is -2.02. The largest absolute Gasteiger partial charge is 0.387 e. The Bertz CT molecular complexity index is 427. The van der Waals surface area contributed by atoms with Gasteiger partial charge in [0, 0.05) is 11.8 Å². The van der Waals surface area contributed by atoms with Gasteiger partial charge in [-0.3, -0.25) is 0 Å². The first kappa shape index (κ1) is 10.2. The number of alkyl halides is 1. The molecule has 0 saturated heterocycles. The zero-order valence-corrected chi connectivity index (χ0v) is 8.80. The fourth-order valence-electron chi connectivity index (χ4n) is 1.32. The van der Waals surface area contributed by atoms with Gasteiger partial charge < -0.3 is 5.11 Å². The van der Waals surface area contributed by atoms with Gasteiger partial charge >= 0.3 is 0 Å². The third-order valence-electron chi connectivity index (χ3n) is 2.15. The van der Waals surface area contributed by atoms with Gasteiger partial charge in [0.2, 0.25) is 0 Å². The van der Waals surface area contributed by atoms with Gasteiger partial charge in [-0.1, -0.05) is 18.2 Å². The lowest BCUT2D eigenvalue weighted by atomic mass is 10.2. The molecule has 2 rings (SSSR count). The van der Waals surface area contributed by atoms with E-state index in [1.807, 2.05) is 30.3 Å². The summed E-state index contributed by atoms with van der Waals surface area (Å²) >= 11 is 5.55. The number of aromatic nitrogens is 2. The average molecular weight is 223 g/mol. The van der Waals surface area contributed by atoms with Crippen molar-refractivity contribution in [2.45, 2.75) is 6.10 Å². The molecule has 1 N–H and O–H groups in total. The molecule has 1 unspecified atom stereocenters. The average Bonchev–Trinajstić information content (AvgIpc) is 2.78. The van der Waals surface area contributed by atoms with Crippen molar-refractivity contribution in [2.24, 2.45) is 0 Å². The SMILES string of the molecule is OC(CCl)c1cnn(-c2ccccc2)c1. The van der Waals surface area contributed by atoms with Crippen LogP contribution in [0.1, 0.15) is 11.7 Å². The van der Waals surface area contributed by atoms with E-state index in [4.69, 9.17) is 11.6 Å². The molecule has 0 amide bonds. The van der Waals surface area contributed by atoms with Crippen molar-refractivity contribution >= 4 is 11.6 Å². The van der Waals surface area contributed by atoms with Gasteiger partial charge in [-0.15, -0.1) is 11.6 Å². The van der Waals surface area contributed by atoms with E-state index in [1.165, 1.54) is 0 Å². The summed E-state index contributed by atoms with van der Waals surface area (Å²) < 4.78 is 1.71. The van der Waals surface area contributed by atoms with Crippen LogP contribution in [0.4, 0.5) is 0 Å². The summed E-state index contributed by atoms with van der Waals surface area (Å²) in [5.74, 6) is 0.181. The Hall–Kier alpha value is -1.32. The number of rotatable bonds is 3. The maximum absolute atomic E-state index is 9.50. The molecule has 1 heterocycles. The highest BCUT2D eigenvalue weighted by atomic mass is 35.5. The van der Waals surface area contributed by atoms with Crippen LogP contribution in [0.3, 0.4) is 0 Å². The molecule has 0 bridgehead atoms. The van der Waals surface area contributed by atoms with Crippen LogP contribution in [0.15, 0.2) is 42.7 Å². The fraction of sp³-hybridized carbons (Fsp3) is 0.182. The standard InChI is InChI=1S/C11H11ClN2O/c12-6-11(15)9-7-13-14(8-9)10-4-2-1-3-5-10/h1-5,7-8,11,15H,6H2. The van der Waals surface area contributed by atoms with Gasteiger partial charge in [-0.2, -0.15) is 5.10 Å². The second kappa shape index (κ2) is 4.47. The number of hydrogen-bond acceptors (Lipinski definition) is 2. The molecule has 1 atom stereocenters. The van der Waals surface area contributed by atoms with Crippen molar-refractivity contribution in [3.63, 3.8) is 0 Å². The molecular formula is C11H11ClN2O. The van der Waals surface area contributed by atoms with E-state index >= 15 is 0 Å². The number of aliphatic hydroxyl groups excluding tert-OH is 1. The first-order valence-electron chi connectivity index (χ1n) is 4.65. The summed E-state index contributed by atoms with van der Waals surface area (Å²) in [7, 11) is 0. The highest BCUT2D eigenvalue weighted by molar-refractivity contribution is 6.18. The molecule has 0 aliphatic rings. The zero-order chi connectivity index (χ0) is 10.7. The van der Waals surface area contributed by atoms with Crippen molar-refractivity contribution < 1.29 is 5.11 Å². The molecule has 15 heavy (non-hydrogen) atoms. The highest BCUT2D eigenvalue weighted by Gasteiger charge is 2.08. The topological polar surface area (TPSA) is 38.1 Å². The minimum Gasteiger partial charge on any atom is -0.387 e. The molecule has 3 nitrogen and oxygen atoms in total. The number of para-hydroxylation sites is 1. The van der Waals surface area contributed by atoms with E-state index in [0.717, 1.165) is 11.3 Å². The van der Waals surface area contributed by atoms with Crippen LogP contribution in [0.2, 0.25) is 0 Å². The molecule has 2 aromatic rings. The van der Waals surface area contributed by atoms with Gasteiger partial charge in [0.1, 0.15) is 0 Å². The van der Waals surface area contributed by atoms with E-state index in [9.17, 15) is 5.11 Å². The number of hydrogen-bond donors (Lipinski definition) is 1. The molecule has 0 aliphatic heterocycles. The van der Waals surface area contributed by atoms with Crippen LogP contribution >= 0.6 is 11.6 Å². The molecule has 0 spiro atoms. The predicted octanol–water partition coefficient (Wildman–Crippen LogP) is 2.14. The van der Waals surface area contributed by atoms with Crippen molar-refractivity contribution in [3.8, 4) is 5.69 Å². The first-order valence-corrected chi connectivity index (χ1v) is 5.18. The monoisotopic (exact) mass is 222 g/mol. The third kappa shape index (κ3) is 2.19. The smallest absolute Gasteiger partial charge is 0.0955 e. The van der Waals surface area contributed by atoms with Gasteiger partial charge in [0.15, 0.2) is 0 Å². The molecular weight excluding hydrogens is 212 g/mol. The Labute approximate surface area is 92.9 Å². The minimum absolute atomic E-state index is 0.181. The fourth-order valence-corrected chi connectivity index (χ4v) is 1.50. The molecule has 1 aromatic heterocycles. The molecule has 0 saturated carbocycles. The molecule has 4 heteroatoms. The highest BCUT2D eigenvalue weighted by Crippen LogP contribution is 2.15. The molecule has 0 aliphatic carbocycles. The van der Waals surface area contributed by atoms with Crippen LogP contribution < -0.4 is 0 Å². The lowest BCUT2D eigenvalue weighted by Crippen LogP contribution is -1.97. The summed E-state index contributed by atoms with van der Waals surface area (Å²) in [4.78, 5) is 0. The van der Waals surface area contributed by atoms with E-state index in [0.29, 0.717) is 0 Å². The van der Waals surface area contributed by atoms with Gasteiger partial charge in [-0.25, -0.2) is 4.68 Å². The molecule has 0 fully saturated rings. The Morgan fingerprint density at radius 2 is 2.07 bits per heavy atom. The number of benzene rings is 1. The second-order valence-corrected chi connectivity index (χ2v) is 3.53. The molecule has 78 valence electrons. The lowest BCUT2D eigenvalue weighted by molar-refractivity contribution is 0.202. The Kier molecular flexibility index (Phi) is 3.04. The van der Waals surface area contributed by atoms with Gasteiger partial charge in [0.25, 0.3) is 0 Å². The van der Waals surface area contributed by atoms with E-state index in [2.05, 4.69) is 5.10 Å². The van der Waals surface area contributed by atoms with Crippen molar-refractivity contribution in [3.05, 3.63) is 48.3 Å². The van der Waals surface area contributed by atoms with E-state index in [1.54, 1.807) is 17.1 Å². The maximum Gasteiger partial charge on any atom is 0.0955 e. The predicted molar refractivity (Wildman–Crippen MR) is 59.2 cm³/mol. The van der Waals surface area contributed by atoms with Crippen LogP contribution in [0.25, 0.3) is 5.69 Å². The molecule has 1 aromatic carbocycles. The number of aliphatic hydroxyl groups is 1. The summed E-state index contributed by atoms with van der Waals surface area (Å²) in [6.45, 7) is 0. The summed E-state index contributed by atoms with van der Waals surface area (Å²) in [5.41, 5.74) is 1.69. The Morgan fingerprint density at radius 1 is 1.33 bits per heavy atom. The number of halogens is 1. The zero-order valence-electron chi connectivity index (χ0n) is 8.05.